The van der Waals surface area contributed by atoms with E-state index in [1.54, 1.807) is 25.4 Å². The number of hydrogen-bond donors (Lipinski definition) is 1. The van der Waals surface area contributed by atoms with E-state index in [1.165, 1.54) is 6.20 Å². The van der Waals surface area contributed by atoms with E-state index in [9.17, 15) is 4.39 Å². The lowest BCUT2D eigenvalue weighted by molar-refractivity contribution is -0.00571. The van der Waals surface area contributed by atoms with E-state index in [4.69, 9.17) is 9.47 Å². The van der Waals surface area contributed by atoms with Crippen LogP contribution < -0.4 is 15.0 Å². The number of benzene rings is 1. The summed E-state index contributed by atoms with van der Waals surface area (Å²) in [5, 5.41) is 3.04. The Bertz CT molecular complexity index is 1000. The Morgan fingerprint density at radius 3 is 2.50 bits per heavy atom. The molecule has 0 bridgehead atoms. The lowest BCUT2D eigenvalue weighted by Crippen LogP contribution is -2.46. The maximum absolute atomic E-state index is 14.4. The van der Waals surface area contributed by atoms with Gasteiger partial charge in [0.2, 0.25) is 11.9 Å². The van der Waals surface area contributed by atoms with Crippen molar-refractivity contribution in [2.45, 2.75) is 26.1 Å². The lowest BCUT2D eigenvalue weighted by Gasteiger charge is -2.35. The quantitative estimate of drug-likeness (QED) is 0.638. The van der Waals surface area contributed by atoms with Gasteiger partial charge in [0.05, 0.1) is 25.0 Å². The molecule has 0 spiro atoms. The summed E-state index contributed by atoms with van der Waals surface area (Å²) in [5.41, 5.74) is 1.94. The van der Waals surface area contributed by atoms with Crippen LogP contribution in [0.15, 0.2) is 48.8 Å². The highest BCUT2D eigenvalue weighted by atomic mass is 19.1. The summed E-state index contributed by atoms with van der Waals surface area (Å²) in [6.45, 7) is 5.46. The topological polar surface area (TPSA) is 72.4 Å². The molecule has 1 saturated heterocycles. The van der Waals surface area contributed by atoms with E-state index < -0.39 is 5.95 Å². The van der Waals surface area contributed by atoms with Gasteiger partial charge in [0.1, 0.15) is 11.6 Å². The number of hydrogen-bond acceptors (Lipinski definition) is 7. The Hall–Kier alpha value is -3.26. The summed E-state index contributed by atoms with van der Waals surface area (Å²) in [4.78, 5) is 14.9. The van der Waals surface area contributed by atoms with Gasteiger partial charge in [-0.05, 0) is 43.7 Å². The minimum absolute atomic E-state index is 0.0942. The van der Waals surface area contributed by atoms with Crippen LogP contribution in [-0.2, 0) is 4.74 Å². The van der Waals surface area contributed by atoms with Gasteiger partial charge in [-0.3, -0.25) is 0 Å². The molecule has 1 N–H and O–H groups in total. The molecule has 30 heavy (non-hydrogen) atoms. The molecule has 7 nitrogen and oxygen atoms in total. The third-order valence-corrected chi connectivity index (χ3v) is 4.87. The van der Waals surface area contributed by atoms with Crippen molar-refractivity contribution in [2.75, 3.05) is 30.4 Å². The highest BCUT2D eigenvalue weighted by molar-refractivity contribution is 5.69. The Kier molecular flexibility index (Phi) is 5.76. The van der Waals surface area contributed by atoms with Crippen LogP contribution in [0.1, 0.15) is 13.8 Å². The zero-order chi connectivity index (χ0) is 21.1. The van der Waals surface area contributed by atoms with E-state index in [0.717, 1.165) is 16.9 Å². The second-order valence-corrected chi connectivity index (χ2v) is 7.32. The van der Waals surface area contributed by atoms with Gasteiger partial charge < -0.3 is 19.7 Å². The summed E-state index contributed by atoms with van der Waals surface area (Å²) in [6.07, 6.45) is 3.35. The van der Waals surface area contributed by atoms with Crippen molar-refractivity contribution in [3.8, 4) is 16.9 Å². The normalized spacial score (nSPS) is 18.9. The molecule has 1 aromatic carbocycles. The molecule has 3 heterocycles. The fourth-order valence-electron chi connectivity index (χ4n) is 3.53. The van der Waals surface area contributed by atoms with Crippen LogP contribution in [0.25, 0.3) is 11.1 Å². The molecular weight excluding hydrogens is 385 g/mol. The molecule has 8 heteroatoms. The molecule has 0 amide bonds. The minimum atomic E-state index is -0.596. The van der Waals surface area contributed by atoms with Crippen LogP contribution in [0.2, 0.25) is 0 Å². The summed E-state index contributed by atoms with van der Waals surface area (Å²) >= 11 is 0. The molecule has 2 atom stereocenters. The predicted molar refractivity (Wildman–Crippen MR) is 114 cm³/mol. The van der Waals surface area contributed by atoms with Gasteiger partial charge in [0.15, 0.2) is 0 Å². The van der Waals surface area contributed by atoms with Crippen molar-refractivity contribution in [3.05, 3.63) is 54.7 Å². The highest BCUT2D eigenvalue weighted by Crippen LogP contribution is 2.27. The number of pyridine rings is 1. The second kappa shape index (κ2) is 8.62. The first-order chi connectivity index (χ1) is 14.5. The Morgan fingerprint density at radius 2 is 1.80 bits per heavy atom. The van der Waals surface area contributed by atoms with Crippen molar-refractivity contribution in [1.82, 2.24) is 15.0 Å². The number of ether oxygens (including phenoxy) is 2. The molecular formula is C22H24FN5O2. The average Bonchev–Trinajstić information content (AvgIpc) is 2.75. The lowest BCUT2D eigenvalue weighted by atomic mass is 10.1. The van der Waals surface area contributed by atoms with E-state index >= 15 is 0 Å². The number of halogens is 1. The van der Waals surface area contributed by atoms with Crippen LogP contribution >= 0.6 is 0 Å². The van der Waals surface area contributed by atoms with Crippen molar-refractivity contribution in [2.24, 2.45) is 0 Å². The van der Waals surface area contributed by atoms with Crippen molar-refractivity contribution in [3.63, 3.8) is 0 Å². The van der Waals surface area contributed by atoms with Crippen LogP contribution in [0.3, 0.4) is 0 Å². The second-order valence-electron chi connectivity index (χ2n) is 7.32. The number of nitrogens with one attached hydrogen (secondary N) is 1. The number of nitrogens with zero attached hydrogens (tertiary/aromatic N) is 4. The molecule has 1 fully saturated rings. The maximum Gasteiger partial charge on any atom is 0.236 e. The van der Waals surface area contributed by atoms with Gasteiger partial charge in [0, 0.05) is 31.0 Å². The maximum atomic E-state index is 14.4. The van der Waals surface area contributed by atoms with E-state index in [0.29, 0.717) is 24.9 Å². The number of methoxy groups -OCH3 is 1. The molecule has 0 radical (unpaired) electrons. The fraction of sp³-hybridized carbons (Fsp3) is 0.318. The first-order valence-electron chi connectivity index (χ1n) is 9.82. The number of anilines is 3. The zero-order valence-corrected chi connectivity index (χ0v) is 17.2. The van der Waals surface area contributed by atoms with Gasteiger partial charge in [-0.1, -0.05) is 12.1 Å². The highest BCUT2D eigenvalue weighted by Gasteiger charge is 2.24. The molecule has 4 rings (SSSR count). The standard InChI is InChI=1S/C22H24FN5O2/c1-14-12-28(13-15(2)30-14)22-24-9-8-20(27-22)26-19-10-17(11-25-21(19)23)16-4-6-18(29-3)7-5-16/h4-11,14-15H,12-13H2,1-3H3,(H,24,26,27)/t14-,15+. The van der Waals surface area contributed by atoms with Crippen LogP contribution in [0.5, 0.6) is 5.75 Å². The van der Waals surface area contributed by atoms with Crippen molar-refractivity contribution in [1.29, 1.82) is 0 Å². The molecule has 2 aromatic heterocycles. The third-order valence-electron chi connectivity index (χ3n) is 4.87. The zero-order valence-electron chi connectivity index (χ0n) is 17.2. The summed E-state index contributed by atoms with van der Waals surface area (Å²) in [6, 6.07) is 10.9. The Morgan fingerprint density at radius 1 is 1.07 bits per heavy atom. The first-order valence-corrected chi connectivity index (χ1v) is 9.82. The van der Waals surface area contributed by atoms with Gasteiger partial charge in [-0.15, -0.1) is 0 Å². The SMILES string of the molecule is COc1ccc(-c2cnc(F)c(Nc3ccnc(N4C[C@@H](C)O[C@@H](C)C4)n3)c2)cc1. The number of morpholine rings is 1. The van der Waals surface area contributed by atoms with Crippen LogP contribution in [0, 0.1) is 5.95 Å². The van der Waals surface area contributed by atoms with Gasteiger partial charge >= 0.3 is 0 Å². The molecule has 3 aromatic rings. The third kappa shape index (κ3) is 4.49. The Balaban J connectivity index is 1.56. The van der Waals surface area contributed by atoms with E-state index in [-0.39, 0.29) is 17.9 Å². The molecule has 0 unspecified atom stereocenters. The summed E-state index contributed by atoms with van der Waals surface area (Å²) in [7, 11) is 1.62. The number of rotatable bonds is 5. The van der Waals surface area contributed by atoms with Gasteiger partial charge in [-0.2, -0.15) is 9.37 Å². The first kappa shape index (κ1) is 20.0. The fourth-order valence-corrected chi connectivity index (χ4v) is 3.53. The summed E-state index contributed by atoms with van der Waals surface area (Å²) < 4.78 is 25.3. The van der Waals surface area contributed by atoms with Crippen molar-refractivity contribution >= 4 is 17.5 Å². The molecule has 1 aliphatic heterocycles. The van der Waals surface area contributed by atoms with E-state index in [2.05, 4.69) is 25.2 Å². The molecule has 0 saturated carbocycles. The van der Waals surface area contributed by atoms with Crippen LogP contribution in [0.4, 0.5) is 21.8 Å². The van der Waals surface area contributed by atoms with Crippen LogP contribution in [-0.4, -0.2) is 47.4 Å². The van der Waals surface area contributed by atoms with Gasteiger partial charge in [0.25, 0.3) is 0 Å². The van der Waals surface area contributed by atoms with Crippen molar-refractivity contribution < 1.29 is 13.9 Å². The van der Waals surface area contributed by atoms with Gasteiger partial charge in [-0.25, -0.2) is 9.97 Å². The smallest absolute Gasteiger partial charge is 0.236 e. The predicted octanol–water partition coefficient (Wildman–Crippen LogP) is 4.04. The molecule has 1 aliphatic rings. The monoisotopic (exact) mass is 409 g/mol. The summed E-state index contributed by atoms with van der Waals surface area (Å²) in [5.74, 6) is 1.24. The molecule has 0 aliphatic carbocycles. The average molecular weight is 409 g/mol. The largest absolute Gasteiger partial charge is 0.497 e. The Labute approximate surface area is 174 Å². The van der Waals surface area contributed by atoms with E-state index in [1.807, 2.05) is 38.1 Å². The molecule has 156 valence electrons. The minimum Gasteiger partial charge on any atom is -0.497 e. The number of aromatic nitrogens is 3.